The molecule has 0 aromatic heterocycles. The van der Waals surface area contributed by atoms with Gasteiger partial charge in [0.15, 0.2) is 0 Å². The van der Waals surface area contributed by atoms with Gasteiger partial charge in [-0.05, 0) is 20.3 Å². The summed E-state index contributed by atoms with van der Waals surface area (Å²) in [5, 5.41) is 3.28. The van der Waals surface area contributed by atoms with E-state index in [1.54, 1.807) is 7.11 Å². The molecular formula is C12H25NO3. The van der Waals surface area contributed by atoms with Gasteiger partial charge < -0.3 is 14.8 Å². The fraction of sp³-hybridized carbons (Fsp3) is 0.917. The van der Waals surface area contributed by atoms with Crippen LogP contribution in [0.25, 0.3) is 0 Å². The van der Waals surface area contributed by atoms with E-state index in [9.17, 15) is 4.79 Å². The maximum atomic E-state index is 11.8. The molecule has 3 unspecified atom stereocenters. The lowest BCUT2D eigenvalue weighted by atomic mass is 10.0. The van der Waals surface area contributed by atoms with E-state index in [1.807, 2.05) is 13.8 Å². The van der Waals surface area contributed by atoms with Crippen molar-refractivity contribution in [2.45, 2.75) is 46.2 Å². The second-order valence-electron chi connectivity index (χ2n) is 4.14. The molecule has 0 aliphatic rings. The Balaban J connectivity index is 4.42. The summed E-state index contributed by atoms with van der Waals surface area (Å²) in [5.41, 5.74) is 0. The van der Waals surface area contributed by atoms with E-state index >= 15 is 0 Å². The Bertz CT molecular complexity index is 197. The average molecular weight is 231 g/mol. The van der Waals surface area contributed by atoms with E-state index in [-0.39, 0.29) is 17.9 Å². The standard InChI is InChI=1S/C12H25NO3/c1-6-10(4)13-11(9(3)8-15-5)12(14)16-7-2/h9-11,13H,6-8H2,1-5H3. The van der Waals surface area contributed by atoms with Gasteiger partial charge in [-0.1, -0.05) is 13.8 Å². The molecule has 0 aliphatic carbocycles. The van der Waals surface area contributed by atoms with Crippen LogP contribution in [0.5, 0.6) is 0 Å². The van der Waals surface area contributed by atoms with Crippen molar-refractivity contribution in [3.8, 4) is 0 Å². The molecule has 0 aliphatic heterocycles. The fourth-order valence-electron chi connectivity index (χ4n) is 1.48. The van der Waals surface area contributed by atoms with Crippen molar-refractivity contribution in [3.63, 3.8) is 0 Å². The number of hydrogen-bond acceptors (Lipinski definition) is 4. The molecule has 0 saturated heterocycles. The van der Waals surface area contributed by atoms with Crippen LogP contribution in [0.15, 0.2) is 0 Å². The van der Waals surface area contributed by atoms with Crippen LogP contribution in [-0.2, 0) is 14.3 Å². The van der Waals surface area contributed by atoms with Crippen molar-refractivity contribution in [3.05, 3.63) is 0 Å². The molecule has 3 atom stereocenters. The van der Waals surface area contributed by atoms with Gasteiger partial charge in [0, 0.05) is 19.1 Å². The van der Waals surface area contributed by atoms with Crippen LogP contribution in [0.2, 0.25) is 0 Å². The minimum atomic E-state index is -0.283. The first-order chi connectivity index (χ1) is 7.56. The van der Waals surface area contributed by atoms with Crippen LogP contribution in [0.4, 0.5) is 0 Å². The topological polar surface area (TPSA) is 47.6 Å². The highest BCUT2D eigenvalue weighted by Gasteiger charge is 2.27. The van der Waals surface area contributed by atoms with E-state index in [0.29, 0.717) is 19.3 Å². The molecule has 0 radical (unpaired) electrons. The lowest BCUT2D eigenvalue weighted by Gasteiger charge is -2.25. The fourth-order valence-corrected chi connectivity index (χ4v) is 1.48. The van der Waals surface area contributed by atoms with Gasteiger partial charge in [-0.2, -0.15) is 0 Å². The maximum absolute atomic E-state index is 11.8. The summed E-state index contributed by atoms with van der Waals surface area (Å²) < 4.78 is 10.1. The van der Waals surface area contributed by atoms with Crippen molar-refractivity contribution in [1.29, 1.82) is 0 Å². The lowest BCUT2D eigenvalue weighted by molar-refractivity contribution is -0.147. The van der Waals surface area contributed by atoms with Gasteiger partial charge in [0.1, 0.15) is 6.04 Å². The second-order valence-corrected chi connectivity index (χ2v) is 4.14. The van der Waals surface area contributed by atoms with Gasteiger partial charge in [-0.25, -0.2) is 0 Å². The molecule has 4 nitrogen and oxygen atoms in total. The number of carbonyl (C=O) groups excluding carboxylic acids is 1. The van der Waals surface area contributed by atoms with Crippen LogP contribution >= 0.6 is 0 Å². The minimum absolute atomic E-state index is 0.109. The summed E-state index contributed by atoms with van der Waals surface area (Å²) in [5.74, 6) is -0.0783. The summed E-state index contributed by atoms with van der Waals surface area (Å²) in [7, 11) is 1.64. The Morgan fingerprint density at radius 3 is 2.38 bits per heavy atom. The van der Waals surface area contributed by atoms with E-state index < -0.39 is 0 Å². The first-order valence-corrected chi connectivity index (χ1v) is 5.98. The van der Waals surface area contributed by atoms with Crippen LogP contribution in [0, 0.1) is 5.92 Å². The number of methoxy groups -OCH3 is 1. The van der Waals surface area contributed by atoms with Crippen LogP contribution in [0.3, 0.4) is 0 Å². The number of nitrogens with one attached hydrogen (secondary N) is 1. The number of ether oxygens (including phenoxy) is 2. The molecule has 16 heavy (non-hydrogen) atoms. The van der Waals surface area contributed by atoms with Gasteiger partial charge >= 0.3 is 5.97 Å². The predicted molar refractivity (Wildman–Crippen MR) is 64.3 cm³/mol. The molecular weight excluding hydrogens is 206 g/mol. The molecule has 96 valence electrons. The quantitative estimate of drug-likeness (QED) is 0.644. The third-order valence-electron chi connectivity index (χ3n) is 2.62. The van der Waals surface area contributed by atoms with Gasteiger partial charge in [0.25, 0.3) is 0 Å². The summed E-state index contributed by atoms with van der Waals surface area (Å²) in [4.78, 5) is 11.8. The van der Waals surface area contributed by atoms with Crippen molar-refractivity contribution in [1.82, 2.24) is 5.32 Å². The summed E-state index contributed by atoms with van der Waals surface area (Å²) in [6, 6.07) is 0.0172. The largest absolute Gasteiger partial charge is 0.465 e. The molecule has 0 fully saturated rings. The average Bonchev–Trinajstić information content (AvgIpc) is 2.25. The predicted octanol–water partition coefficient (Wildman–Crippen LogP) is 1.59. The number of hydrogen-bond donors (Lipinski definition) is 1. The van der Waals surface area contributed by atoms with E-state index in [2.05, 4.69) is 19.2 Å². The Labute approximate surface area is 98.7 Å². The lowest BCUT2D eigenvalue weighted by Crippen LogP contribution is -2.48. The van der Waals surface area contributed by atoms with Gasteiger partial charge in [0.2, 0.25) is 0 Å². The normalized spacial score (nSPS) is 16.6. The zero-order valence-electron chi connectivity index (χ0n) is 11.1. The summed E-state index contributed by atoms with van der Waals surface area (Å²) in [6.07, 6.45) is 0.982. The zero-order valence-corrected chi connectivity index (χ0v) is 11.1. The number of esters is 1. The highest BCUT2D eigenvalue weighted by atomic mass is 16.5. The molecule has 0 heterocycles. The second kappa shape index (κ2) is 8.53. The first kappa shape index (κ1) is 15.4. The molecule has 0 saturated carbocycles. The Morgan fingerprint density at radius 1 is 1.31 bits per heavy atom. The first-order valence-electron chi connectivity index (χ1n) is 5.98. The Morgan fingerprint density at radius 2 is 1.94 bits per heavy atom. The number of rotatable bonds is 8. The highest BCUT2D eigenvalue weighted by molar-refractivity contribution is 5.76. The van der Waals surface area contributed by atoms with Gasteiger partial charge in [0.05, 0.1) is 13.2 Å². The van der Waals surface area contributed by atoms with E-state index in [1.165, 1.54) is 0 Å². The smallest absolute Gasteiger partial charge is 0.323 e. The van der Waals surface area contributed by atoms with Crippen molar-refractivity contribution >= 4 is 5.97 Å². The zero-order chi connectivity index (χ0) is 12.6. The summed E-state index contributed by atoms with van der Waals surface area (Å²) in [6.45, 7) is 8.91. The SMILES string of the molecule is CCOC(=O)C(NC(C)CC)C(C)COC. The number of carbonyl (C=O) groups is 1. The Kier molecular flexibility index (Phi) is 8.21. The Hall–Kier alpha value is -0.610. The molecule has 0 amide bonds. The summed E-state index contributed by atoms with van der Waals surface area (Å²) >= 11 is 0. The third kappa shape index (κ3) is 5.47. The monoisotopic (exact) mass is 231 g/mol. The van der Waals surface area contributed by atoms with Crippen molar-refractivity contribution in [2.75, 3.05) is 20.3 Å². The molecule has 4 heteroatoms. The molecule has 0 bridgehead atoms. The molecule has 0 rings (SSSR count). The van der Waals surface area contributed by atoms with E-state index in [0.717, 1.165) is 6.42 Å². The minimum Gasteiger partial charge on any atom is -0.465 e. The highest BCUT2D eigenvalue weighted by Crippen LogP contribution is 2.08. The van der Waals surface area contributed by atoms with Crippen molar-refractivity contribution in [2.24, 2.45) is 5.92 Å². The molecule has 1 N–H and O–H groups in total. The molecule has 0 aromatic carbocycles. The van der Waals surface area contributed by atoms with E-state index in [4.69, 9.17) is 9.47 Å². The van der Waals surface area contributed by atoms with Crippen LogP contribution < -0.4 is 5.32 Å². The third-order valence-corrected chi connectivity index (χ3v) is 2.62. The van der Waals surface area contributed by atoms with Gasteiger partial charge in [-0.15, -0.1) is 0 Å². The molecule has 0 spiro atoms. The van der Waals surface area contributed by atoms with Crippen LogP contribution in [-0.4, -0.2) is 38.4 Å². The van der Waals surface area contributed by atoms with Gasteiger partial charge in [-0.3, -0.25) is 4.79 Å². The maximum Gasteiger partial charge on any atom is 0.323 e. The van der Waals surface area contributed by atoms with Crippen molar-refractivity contribution < 1.29 is 14.3 Å². The van der Waals surface area contributed by atoms with Crippen LogP contribution in [0.1, 0.15) is 34.1 Å². The molecule has 0 aromatic rings.